The molecule has 1 nitrogen and oxygen atoms in total. The average Bonchev–Trinajstić information content (AvgIpc) is 2.42. The monoisotopic (exact) mass is 242 g/mol. The first kappa shape index (κ1) is 14.5. The largest absolute Gasteiger partial charge is 0.380 e. The summed E-state index contributed by atoms with van der Waals surface area (Å²) in [5.41, 5.74) is 5.06. The molecule has 1 heteroatoms. The van der Waals surface area contributed by atoms with Crippen molar-refractivity contribution in [1.82, 2.24) is 0 Å². The van der Waals surface area contributed by atoms with Gasteiger partial charge in [0, 0.05) is 7.11 Å². The smallest absolute Gasteiger partial charge is 0.0713 e. The molecule has 0 saturated carbocycles. The van der Waals surface area contributed by atoms with Crippen LogP contribution in [0.4, 0.5) is 0 Å². The van der Waals surface area contributed by atoms with Crippen LogP contribution in [0, 0.1) is 6.92 Å². The predicted octanol–water partition coefficient (Wildman–Crippen LogP) is 4.83. The fraction of sp³-hybridized carbons (Fsp3) is 0.294. The van der Waals surface area contributed by atoms with Crippen LogP contribution >= 0.6 is 0 Å². The Labute approximate surface area is 110 Å². The first-order valence-electron chi connectivity index (χ1n) is 6.45. The molecule has 0 aliphatic heterocycles. The van der Waals surface area contributed by atoms with Crippen LogP contribution in [-0.4, -0.2) is 7.11 Å². The van der Waals surface area contributed by atoms with Crippen molar-refractivity contribution >= 4 is 0 Å². The van der Waals surface area contributed by atoms with Gasteiger partial charge in [-0.2, -0.15) is 0 Å². The van der Waals surface area contributed by atoms with E-state index < -0.39 is 0 Å². The summed E-state index contributed by atoms with van der Waals surface area (Å²) in [5, 5.41) is 0. The lowest BCUT2D eigenvalue weighted by Crippen LogP contribution is -1.89. The third-order valence-corrected chi connectivity index (χ3v) is 2.69. The Morgan fingerprint density at radius 3 is 2.33 bits per heavy atom. The summed E-state index contributed by atoms with van der Waals surface area (Å²) in [6, 6.07) is 16.9. The standard InChI is InChI=1S/C15H16O.C2H6/c1-12-6-3-4-9-15(12)14-8-5-7-13(10-14)11-16-2;1-2/h3-10H,11H2,1-2H3;1-2H3. The molecule has 0 fully saturated rings. The van der Waals surface area contributed by atoms with Gasteiger partial charge < -0.3 is 4.74 Å². The number of aryl methyl sites for hydroxylation is 1. The number of methoxy groups -OCH3 is 1. The van der Waals surface area contributed by atoms with Crippen LogP contribution in [0.15, 0.2) is 48.5 Å². The zero-order valence-corrected chi connectivity index (χ0v) is 11.7. The average molecular weight is 242 g/mol. The third kappa shape index (κ3) is 3.71. The van der Waals surface area contributed by atoms with E-state index in [9.17, 15) is 0 Å². The van der Waals surface area contributed by atoms with Crippen molar-refractivity contribution in [3.8, 4) is 11.1 Å². The fourth-order valence-electron chi connectivity index (χ4n) is 1.89. The van der Waals surface area contributed by atoms with Gasteiger partial charge in [0.25, 0.3) is 0 Å². The zero-order valence-electron chi connectivity index (χ0n) is 11.7. The van der Waals surface area contributed by atoms with Crippen LogP contribution in [0.1, 0.15) is 25.0 Å². The van der Waals surface area contributed by atoms with E-state index in [-0.39, 0.29) is 0 Å². The Hall–Kier alpha value is -1.60. The molecule has 0 amide bonds. The van der Waals surface area contributed by atoms with Gasteiger partial charge in [-0.25, -0.2) is 0 Å². The molecule has 2 aromatic rings. The number of hydrogen-bond donors (Lipinski definition) is 0. The Bertz CT molecular complexity index is 475. The van der Waals surface area contributed by atoms with Crippen molar-refractivity contribution in [1.29, 1.82) is 0 Å². The van der Waals surface area contributed by atoms with Crippen molar-refractivity contribution < 1.29 is 4.74 Å². The maximum atomic E-state index is 5.15. The maximum Gasteiger partial charge on any atom is 0.0713 e. The van der Waals surface area contributed by atoms with E-state index in [1.54, 1.807) is 7.11 Å². The molecular weight excluding hydrogens is 220 g/mol. The molecule has 0 atom stereocenters. The predicted molar refractivity (Wildman–Crippen MR) is 78.7 cm³/mol. The van der Waals surface area contributed by atoms with Crippen LogP contribution in [0.3, 0.4) is 0 Å². The second-order valence-electron chi connectivity index (χ2n) is 3.95. The minimum atomic E-state index is 0.666. The molecule has 96 valence electrons. The highest BCUT2D eigenvalue weighted by atomic mass is 16.5. The van der Waals surface area contributed by atoms with Gasteiger partial charge in [0.15, 0.2) is 0 Å². The summed E-state index contributed by atoms with van der Waals surface area (Å²) in [5.74, 6) is 0. The SMILES string of the molecule is CC.COCc1cccc(-c2ccccc2C)c1. The molecule has 0 saturated heterocycles. The van der Waals surface area contributed by atoms with Gasteiger partial charge in [0.2, 0.25) is 0 Å². The summed E-state index contributed by atoms with van der Waals surface area (Å²) in [4.78, 5) is 0. The third-order valence-electron chi connectivity index (χ3n) is 2.69. The maximum absolute atomic E-state index is 5.15. The van der Waals surface area contributed by atoms with Gasteiger partial charge in [-0.05, 0) is 35.2 Å². The van der Waals surface area contributed by atoms with E-state index in [2.05, 4.69) is 55.5 Å². The summed E-state index contributed by atoms with van der Waals surface area (Å²) in [7, 11) is 1.72. The van der Waals surface area contributed by atoms with E-state index in [1.165, 1.54) is 22.3 Å². The molecule has 0 unspecified atom stereocenters. The van der Waals surface area contributed by atoms with Crippen molar-refractivity contribution in [3.63, 3.8) is 0 Å². The van der Waals surface area contributed by atoms with Crippen LogP contribution in [-0.2, 0) is 11.3 Å². The van der Waals surface area contributed by atoms with Crippen LogP contribution in [0.25, 0.3) is 11.1 Å². The molecule has 2 rings (SSSR count). The lowest BCUT2D eigenvalue weighted by molar-refractivity contribution is 0.185. The molecule has 0 aliphatic carbocycles. The Morgan fingerprint density at radius 2 is 1.67 bits per heavy atom. The van der Waals surface area contributed by atoms with Gasteiger partial charge >= 0.3 is 0 Å². The number of benzene rings is 2. The minimum absolute atomic E-state index is 0.666. The van der Waals surface area contributed by atoms with Gasteiger partial charge in [-0.15, -0.1) is 0 Å². The Morgan fingerprint density at radius 1 is 0.944 bits per heavy atom. The first-order valence-corrected chi connectivity index (χ1v) is 6.45. The molecule has 0 heterocycles. The molecule has 18 heavy (non-hydrogen) atoms. The van der Waals surface area contributed by atoms with E-state index in [1.807, 2.05) is 13.8 Å². The highest BCUT2D eigenvalue weighted by Crippen LogP contribution is 2.23. The van der Waals surface area contributed by atoms with Crippen LogP contribution in [0.2, 0.25) is 0 Å². The number of rotatable bonds is 3. The van der Waals surface area contributed by atoms with Crippen molar-refractivity contribution in [2.45, 2.75) is 27.4 Å². The number of ether oxygens (including phenoxy) is 1. The highest BCUT2D eigenvalue weighted by molar-refractivity contribution is 5.67. The van der Waals surface area contributed by atoms with E-state index in [0.29, 0.717) is 6.61 Å². The lowest BCUT2D eigenvalue weighted by Gasteiger charge is -2.07. The summed E-state index contributed by atoms with van der Waals surface area (Å²) >= 11 is 0. The van der Waals surface area contributed by atoms with Gasteiger partial charge in [0.05, 0.1) is 6.61 Å². The summed E-state index contributed by atoms with van der Waals surface area (Å²) < 4.78 is 5.15. The molecule has 0 spiro atoms. The quantitative estimate of drug-likeness (QED) is 0.748. The van der Waals surface area contributed by atoms with Crippen LogP contribution < -0.4 is 0 Å². The molecule has 0 radical (unpaired) electrons. The molecule has 0 aliphatic rings. The van der Waals surface area contributed by atoms with E-state index in [0.717, 1.165) is 0 Å². The number of hydrogen-bond acceptors (Lipinski definition) is 1. The van der Waals surface area contributed by atoms with Crippen molar-refractivity contribution in [2.24, 2.45) is 0 Å². The second-order valence-corrected chi connectivity index (χ2v) is 3.95. The molecule has 0 bridgehead atoms. The molecule has 0 aromatic heterocycles. The Balaban J connectivity index is 0.000000771. The summed E-state index contributed by atoms with van der Waals surface area (Å²) in [6.07, 6.45) is 0. The normalized spacial score (nSPS) is 9.56. The highest BCUT2D eigenvalue weighted by Gasteiger charge is 2.01. The van der Waals surface area contributed by atoms with Crippen LogP contribution in [0.5, 0.6) is 0 Å². The van der Waals surface area contributed by atoms with Crippen molar-refractivity contribution in [3.05, 3.63) is 59.7 Å². The lowest BCUT2D eigenvalue weighted by atomic mass is 9.99. The fourth-order valence-corrected chi connectivity index (χ4v) is 1.89. The first-order chi connectivity index (χ1) is 8.81. The Kier molecular flexibility index (Phi) is 6.16. The second kappa shape index (κ2) is 7.67. The van der Waals surface area contributed by atoms with Gasteiger partial charge in [-0.3, -0.25) is 0 Å². The van der Waals surface area contributed by atoms with Gasteiger partial charge in [0.1, 0.15) is 0 Å². The topological polar surface area (TPSA) is 9.23 Å². The summed E-state index contributed by atoms with van der Waals surface area (Å²) in [6.45, 7) is 6.80. The van der Waals surface area contributed by atoms with E-state index in [4.69, 9.17) is 4.74 Å². The minimum Gasteiger partial charge on any atom is -0.380 e. The van der Waals surface area contributed by atoms with Gasteiger partial charge in [-0.1, -0.05) is 56.3 Å². The van der Waals surface area contributed by atoms with E-state index >= 15 is 0 Å². The van der Waals surface area contributed by atoms with Crippen molar-refractivity contribution in [2.75, 3.05) is 7.11 Å². The zero-order chi connectivity index (χ0) is 13.4. The molecular formula is C17H22O. The molecule has 0 N–H and O–H groups in total. The molecule has 2 aromatic carbocycles.